The molecule has 1 amide bonds. The predicted octanol–water partition coefficient (Wildman–Crippen LogP) is 3.86. The number of hydrogen-bond donors (Lipinski definition) is 0. The van der Waals surface area contributed by atoms with Crippen molar-refractivity contribution in [3.05, 3.63) is 33.8 Å². The maximum absolute atomic E-state index is 12.0. The molecule has 1 aromatic carbocycles. The third-order valence-electron chi connectivity index (χ3n) is 2.99. The van der Waals surface area contributed by atoms with Crippen LogP contribution in [0.2, 0.25) is 10.0 Å². The zero-order valence-corrected chi connectivity index (χ0v) is 12.5. The summed E-state index contributed by atoms with van der Waals surface area (Å²) in [4.78, 5) is 13.7. The Balaban J connectivity index is 2.90. The van der Waals surface area contributed by atoms with Crippen molar-refractivity contribution in [3.8, 4) is 6.07 Å². The second kappa shape index (κ2) is 7.37. The lowest BCUT2D eigenvalue weighted by Crippen LogP contribution is -2.31. The van der Waals surface area contributed by atoms with Gasteiger partial charge in [-0.2, -0.15) is 5.26 Å². The quantitative estimate of drug-likeness (QED) is 0.828. The van der Waals surface area contributed by atoms with Gasteiger partial charge in [-0.1, -0.05) is 29.3 Å². The van der Waals surface area contributed by atoms with E-state index in [0.717, 1.165) is 0 Å². The van der Waals surface area contributed by atoms with Crippen LogP contribution >= 0.6 is 23.2 Å². The largest absolute Gasteiger partial charge is 0.343 e. The van der Waals surface area contributed by atoms with E-state index in [1.807, 2.05) is 13.8 Å². The van der Waals surface area contributed by atoms with Crippen LogP contribution in [-0.4, -0.2) is 23.9 Å². The summed E-state index contributed by atoms with van der Waals surface area (Å²) in [6.45, 7) is 5.11. The number of nitrogens with zero attached hydrogens (tertiary/aromatic N) is 2. The van der Waals surface area contributed by atoms with Crippen molar-refractivity contribution in [2.75, 3.05) is 13.1 Å². The third kappa shape index (κ3) is 4.12. The Bertz CT molecular complexity index is 493. The van der Waals surface area contributed by atoms with Gasteiger partial charge in [-0.15, -0.1) is 0 Å². The highest BCUT2D eigenvalue weighted by Crippen LogP contribution is 2.29. The lowest BCUT2D eigenvalue weighted by Gasteiger charge is -2.20. The second-order valence-electron chi connectivity index (χ2n) is 4.12. The molecule has 0 aliphatic rings. The van der Waals surface area contributed by atoms with Crippen LogP contribution in [0.5, 0.6) is 0 Å². The molecule has 0 N–H and O–H groups in total. The fraction of sp³-hybridized carbons (Fsp3) is 0.429. The Morgan fingerprint density at radius 3 is 2.47 bits per heavy atom. The maximum atomic E-state index is 12.0. The predicted molar refractivity (Wildman–Crippen MR) is 77.4 cm³/mol. The third-order valence-corrected chi connectivity index (χ3v) is 3.55. The van der Waals surface area contributed by atoms with Crippen LogP contribution in [0.25, 0.3) is 0 Å². The van der Waals surface area contributed by atoms with Gasteiger partial charge >= 0.3 is 0 Å². The maximum Gasteiger partial charge on any atom is 0.224 e. The molecule has 0 fully saturated rings. The molecule has 1 rings (SSSR count). The number of carbonyl (C=O) groups excluding carboxylic acids is 1. The fourth-order valence-electron chi connectivity index (χ4n) is 1.89. The van der Waals surface area contributed by atoms with E-state index < -0.39 is 5.92 Å². The van der Waals surface area contributed by atoms with E-state index in [0.29, 0.717) is 28.7 Å². The molecule has 0 saturated carbocycles. The molecule has 0 radical (unpaired) electrons. The Kier molecular flexibility index (Phi) is 6.14. The number of carbonyl (C=O) groups is 1. The molecule has 0 spiro atoms. The van der Waals surface area contributed by atoms with Crippen molar-refractivity contribution in [2.45, 2.75) is 26.2 Å². The highest BCUT2D eigenvalue weighted by Gasteiger charge is 2.20. The van der Waals surface area contributed by atoms with Crippen molar-refractivity contribution >= 4 is 29.1 Å². The van der Waals surface area contributed by atoms with Gasteiger partial charge in [0.15, 0.2) is 0 Å². The minimum absolute atomic E-state index is 0.0393. The lowest BCUT2D eigenvalue weighted by molar-refractivity contribution is -0.130. The van der Waals surface area contributed by atoms with E-state index in [-0.39, 0.29) is 12.3 Å². The van der Waals surface area contributed by atoms with Gasteiger partial charge in [0, 0.05) is 29.6 Å². The Morgan fingerprint density at radius 2 is 2.00 bits per heavy atom. The molecule has 19 heavy (non-hydrogen) atoms. The van der Waals surface area contributed by atoms with Crippen LogP contribution in [0, 0.1) is 11.3 Å². The molecule has 0 aliphatic carbocycles. The fourth-order valence-corrected chi connectivity index (χ4v) is 2.43. The van der Waals surface area contributed by atoms with E-state index in [4.69, 9.17) is 23.2 Å². The first kappa shape index (κ1) is 15.8. The average Bonchev–Trinajstić information content (AvgIpc) is 2.38. The molecule has 0 heterocycles. The van der Waals surface area contributed by atoms with Crippen LogP contribution in [0.4, 0.5) is 0 Å². The van der Waals surface area contributed by atoms with Crippen molar-refractivity contribution in [3.63, 3.8) is 0 Å². The minimum Gasteiger partial charge on any atom is -0.343 e. The normalized spacial score (nSPS) is 11.7. The number of nitriles is 1. The highest BCUT2D eigenvalue weighted by molar-refractivity contribution is 6.35. The minimum atomic E-state index is -0.544. The first-order valence-electron chi connectivity index (χ1n) is 6.15. The summed E-state index contributed by atoms with van der Waals surface area (Å²) in [7, 11) is 0. The summed E-state index contributed by atoms with van der Waals surface area (Å²) in [6, 6.07) is 7.10. The highest BCUT2D eigenvalue weighted by atomic mass is 35.5. The SMILES string of the molecule is CCN(CC)C(=O)CC(C#N)c1ccc(Cl)cc1Cl. The molecule has 0 bridgehead atoms. The van der Waals surface area contributed by atoms with Crippen molar-refractivity contribution in [1.29, 1.82) is 5.26 Å². The molecule has 1 aromatic rings. The molecule has 5 heteroatoms. The molecule has 0 aliphatic heterocycles. The number of rotatable bonds is 5. The summed E-state index contributed by atoms with van der Waals surface area (Å²) in [6.07, 6.45) is 0.138. The smallest absolute Gasteiger partial charge is 0.224 e. The van der Waals surface area contributed by atoms with E-state index in [2.05, 4.69) is 6.07 Å². The number of benzene rings is 1. The lowest BCUT2D eigenvalue weighted by atomic mass is 9.96. The summed E-state index contributed by atoms with van der Waals surface area (Å²) in [5, 5.41) is 10.2. The Morgan fingerprint density at radius 1 is 1.37 bits per heavy atom. The summed E-state index contributed by atoms with van der Waals surface area (Å²) >= 11 is 11.9. The van der Waals surface area contributed by atoms with Gasteiger partial charge in [0.25, 0.3) is 0 Å². The number of amides is 1. The molecule has 1 unspecified atom stereocenters. The second-order valence-corrected chi connectivity index (χ2v) is 4.96. The number of hydrogen-bond acceptors (Lipinski definition) is 2. The summed E-state index contributed by atoms with van der Waals surface area (Å²) in [5.41, 5.74) is 0.647. The first-order chi connectivity index (χ1) is 9.03. The van der Waals surface area contributed by atoms with Crippen LogP contribution in [-0.2, 0) is 4.79 Å². The molecule has 0 aromatic heterocycles. The summed E-state index contributed by atoms with van der Waals surface area (Å²) < 4.78 is 0. The molecular weight excluding hydrogens is 283 g/mol. The van der Waals surface area contributed by atoms with Crippen LogP contribution in [0.3, 0.4) is 0 Å². The topological polar surface area (TPSA) is 44.1 Å². The van der Waals surface area contributed by atoms with Gasteiger partial charge in [-0.05, 0) is 31.5 Å². The summed E-state index contributed by atoms with van der Waals surface area (Å²) in [5.74, 6) is -0.583. The van der Waals surface area contributed by atoms with E-state index in [1.165, 1.54) is 0 Å². The van der Waals surface area contributed by atoms with Crippen LogP contribution in [0.15, 0.2) is 18.2 Å². The van der Waals surface area contributed by atoms with Crippen molar-refractivity contribution < 1.29 is 4.79 Å². The zero-order chi connectivity index (χ0) is 14.4. The van der Waals surface area contributed by atoms with Crippen molar-refractivity contribution in [2.24, 2.45) is 0 Å². The van der Waals surface area contributed by atoms with Crippen LogP contribution in [0.1, 0.15) is 31.7 Å². The molecule has 102 valence electrons. The number of halogens is 2. The van der Waals surface area contributed by atoms with E-state index in [1.54, 1.807) is 23.1 Å². The van der Waals surface area contributed by atoms with E-state index in [9.17, 15) is 10.1 Å². The molecular formula is C14H16Cl2N2O. The molecule has 0 saturated heterocycles. The monoisotopic (exact) mass is 298 g/mol. The zero-order valence-electron chi connectivity index (χ0n) is 11.0. The average molecular weight is 299 g/mol. The van der Waals surface area contributed by atoms with Gasteiger partial charge in [0.2, 0.25) is 5.91 Å². The first-order valence-corrected chi connectivity index (χ1v) is 6.91. The van der Waals surface area contributed by atoms with Gasteiger partial charge in [-0.25, -0.2) is 0 Å². The van der Waals surface area contributed by atoms with Gasteiger partial charge < -0.3 is 4.90 Å². The van der Waals surface area contributed by atoms with Gasteiger partial charge in [0.05, 0.1) is 12.0 Å². The Labute approximate surface area is 123 Å². The Hall–Kier alpha value is -1.24. The van der Waals surface area contributed by atoms with Crippen LogP contribution < -0.4 is 0 Å². The van der Waals surface area contributed by atoms with Gasteiger partial charge in [-0.3, -0.25) is 4.79 Å². The standard InChI is InChI=1S/C14H16Cl2N2O/c1-3-18(4-2)14(19)7-10(9-17)12-6-5-11(15)8-13(12)16/h5-6,8,10H,3-4,7H2,1-2H3. The molecule has 1 atom stereocenters. The van der Waals surface area contributed by atoms with E-state index >= 15 is 0 Å². The van der Waals surface area contributed by atoms with Gasteiger partial charge in [0.1, 0.15) is 0 Å². The molecule has 3 nitrogen and oxygen atoms in total. The van der Waals surface area contributed by atoms with Crippen molar-refractivity contribution in [1.82, 2.24) is 4.90 Å².